The lowest BCUT2D eigenvalue weighted by atomic mass is 9.89. The number of rotatable bonds is 5. The van der Waals surface area contributed by atoms with Crippen molar-refractivity contribution in [3.8, 4) is 0 Å². The average molecular weight is 472 g/mol. The Hall–Kier alpha value is -3.12. The Labute approximate surface area is 208 Å². The Bertz CT molecular complexity index is 1130. The van der Waals surface area contributed by atoms with Gasteiger partial charge in [0, 0.05) is 50.5 Å². The molecule has 1 N–H and O–H groups in total. The Kier molecular flexibility index (Phi) is 7.19. The van der Waals surface area contributed by atoms with Gasteiger partial charge in [0.15, 0.2) is 0 Å². The van der Waals surface area contributed by atoms with Gasteiger partial charge in [-0.3, -0.25) is 9.58 Å². The van der Waals surface area contributed by atoms with E-state index in [1.165, 1.54) is 22.3 Å². The number of benzene rings is 2. The van der Waals surface area contributed by atoms with Gasteiger partial charge in [0.25, 0.3) is 0 Å². The smallest absolute Gasteiger partial charge is 0.318 e. The molecule has 1 fully saturated rings. The highest BCUT2D eigenvalue weighted by atomic mass is 16.2. The molecule has 2 aromatic carbocycles. The number of nitrogens with zero attached hydrogens (tertiary/aromatic N) is 4. The molecule has 35 heavy (non-hydrogen) atoms. The summed E-state index contributed by atoms with van der Waals surface area (Å²) < 4.78 is 2.02. The van der Waals surface area contributed by atoms with Gasteiger partial charge in [0.1, 0.15) is 0 Å². The van der Waals surface area contributed by atoms with Gasteiger partial charge < -0.3 is 10.2 Å². The molecule has 1 unspecified atom stereocenters. The van der Waals surface area contributed by atoms with Crippen LogP contribution in [0.3, 0.4) is 0 Å². The summed E-state index contributed by atoms with van der Waals surface area (Å²) in [4.78, 5) is 18.3. The molecule has 1 saturated heterocycles. The second-order valence-corrected chi connectivity index (χ2v) is 9.86. The van der Waals surface area contributed by atoms with Crippen LogP contribution in [0.2, 0.25) is 0 Å². The van der Waals surface area contributed by atoms with Crippen LogP contribution in [-0.2, 0) is 19.5 Å². The third kappa shape index (κ3) is 5.13. The number of carbonyl (C=O) groups excluding carboxylic acids is 1. The number of piperidine rings is 1. The minimum Gasteiger partial charge on any atom is -0.338 e. The molecule has 3 aromatic rings. The predicted octanol–water partition coefficient (Wildman–Crippen LogP) is 4.92. The molecule has 0 radical (unpaired) electrons. The number of carbonyl (C=O) groups is 1. The monoisotopic (exact) mass is 471 g/mol. The molecule has 0 spiro atoms. The van der Waals surface area contributed by atoms with Crippen LogP contribution in [0.15, 0.2) is 60.8 Å². The fraction of sp³-hybridized carbons (Fsp3) is 0.448. The van der Waals surface area contributed by atoms with Crippen molar-refractivity contribution >= 4 is 6.03 Å². The van der Waals surface area contributed by atoms with Crippen molar-refractivity contribution in [1.82, 2.24) is 24.9 Å². The van der Waals surface area contributed by atoms with Crippen LogP contribution in [0.5, 0.6) is 0 Å². The van der Waals surface area contributed by atoms with Crippen molar-refractivity contribution in [2.45, 2.75) is 64.7 Å². The lowest BCUT2D eigenvalue weighted by Gasteiger charge is -2.43. The standard InChI is InChI=1S/C29H37N5O/c1-3-33-21-25(22(2)31-33)20-32-18-15-26(16-19-32)34-28(24-11-5-4-6-12-24)27-14-8-7-10-23(27)13-9-17-30-29(34)35/h4-8,10-12,14,21,26,28H,3,9,13,15-20H2,1-2H3,(H,30,35). The average Bonchev–Trinajstić information content (AvgIpc) is 3.28. The number of fused-ring (bicyclic) bond motifs is 1. The maximum Gasteiger partial charge on any atom is 0.318 e. The molecule has 6 heteroatoms. The number of aromatic nitrogens is 2. The van der Waals surface area contributed by atoms with E-state index in [0.717, 1.165) is 57.6 Å². The van der Waals surface area contributed by atoms with E-state index in [-0.39, 0.29) is 18.1 Å². The molecule has 6 nitrogen and oxygen atoms in total. The van der Waals surface area contributed by atoms with Gasteiger partial charge in [-0.25, -0.2) is 4.79 Å². The SMILES string of the molecule is CCn1cc(CN2CCC(N3C(=O)NCCCc4ccccc4C3c3ccccc3)CC2)c(C)n1. The summed E-state index contributed by atoms with van der Waals surface area (Å²) in [5.41, 5.74) is 6.22. The van der Waals surface area contributed by atoms with E-state index in [1.54, 1.807) is 0 Å². The highest BCUT2D eigenvalue weighted by Crippen LogP contribution is 2.36. The maximum absolute atomic E-state index is 13.7. The van der Waals surface area contributed by atoms with Gasteiger partial charge in [0.2, 0.25) is 0 Å². The van der Waals surface area contributed by atoms with Crippen LogP contribution >= 0.6 is 0 Å². The molecular formula is C29H37N5O. The lowest BCUT2D eigenvalue weighted by molar-refractivity contribution is 0.101. The van der Waals surface area contributed by atoms with Crippen LogP contribution < -0.4 is 5.32 Å². The fourth-order valence-corrected chi connectivity index (χ4v) is 5.69. The first kappa shape index (κ1) is 23.6. The van der Waals surface area contributed by atoms with Crippen LogP contribution in [0.1, 0.15) is 60.2 Å². The first-order chi connectivity index (χ1) is 17.1. The quantitative estimate of drug-likeness (QED) is 0.575. The fourth-order valence-electron chi connectivity index (χ4n) is 5.69. The van der Waals surface area contributed by atoms with Gasteiger partial charge >= 0.3 is 6.03 Å². The van der Waals surface area contributed by atoms with E-state index >= 15 is 0 Å². The number of likely N-dealkylation sites (tertiary alicyclic amines) is 1. The summed E-state index contributed by atoms with van der Waals surface area (Å²) in [6.45, 7) is 8.72. The molecule has 0 aliphatic carbocycles. The van der Waals surface area contributed by atoms with Crippen molar-refractivity contribution in [3.05, 3.63) is 88.7 Å². The molecule has 0 saturated carbocycles. The number of hydrogen-bond donors (Lipinski definition) is 1. The molecule has 2 aliphatic rings. The van der Waals surface area contributed by atoms with E-state index in [1.807, 2.05) is 4.68 Å². The highest BCUT2D eigenvalue weighted by Gasteiger charge is 2.36. The lowest BCUT2D eigenvalue weighted by Crippen LogP contribution is -2.52. The number of aryl methyl sites for hydroxylation is 3. The van der Waals surface area contributed by atoms with Crippen LogP contribution in [0.25, 0.3) is 0 Å². The largest absolute Gasteiger partial charge is 0.338 e. The first-order valence-corrected chi connectivity index (χ1v) is 13.1. The normalized spacial score (nSPS) is 20.0. The van der Waals surface area contributed by atoms with Gasteiger partial charge in [-0.15, -0.1) is 0 Å². The summed E-state index contributed by atoms with van der Waals surface area (Å²) in [6.07, 6.45) is 6.07. The van der Waals surface area contributed by atoms with Gasteiger partial charge in [-0.1, -0.05) is 54.6 Å². The van der Waals surface area contributed by atoms with Crippen LogP contribution in [-0.4, -0.2) is 51.3 Å². The van der Waals surface area contributed by atoms with Crippen LogP contribution in [0, 0.1) is 6.92 Å². The predicted molar refractivity (Wildman–Crippen MR) is 139 cm³/mol. The highest BCUT2D eigenvalue weighted by molar-refractivity contribution is 5.76. The summed E-state index contributed by atoms with van der Waals surface area (Å²) in [5.74, 6) is 0. The third-order valence-corrected chi connectivity index (χ3v) is 7.59. The van der Waals surface area contributed by atoms with E-state index in [4.69, 9.17) is 0 Å². The summed E-state index contributed by atoms with van der Waals surface area (Å²) in [7, 11) is 0. The van der Waals surface area contributed by atoms with E-state index in [9.17, 15) is 4.79 Å². The number of amides is 2. The van der Waals surface area contributed by atoms with Crippen molar-refractivity contribution in [3.63, 3.8) is 0 Å². The zero-order valence-corrected chi connectivity index (χ0v) is 21.0. The van der Waals surface area contributed by atoms with Crippen molar-refractivity contribution in [1.29, 1.82) is 0 Å². The minimum atomic E-state index is -0.0768. The molecule has 5 rings (SSSR count). The van der Waals surface area contributed by atoms with Gasteiger partial charge in [-0.2, -0.15) is 5.10 Å². The second kappa shape index (κ2) is 10.6. The number of urea groups is 1. The topological polar surface area (TPSA) is 53.4 Å². The third-order valence-electron chi connectivity index (χ3n) is 7.59. The van der Waals surface area contributed by atoms with E-state index in [2.05, 4.69) is 94.9 Å². The first-order valence-electron chi connectivity index (χ1n) is 13.1. The zero-order chi connectivity index (χ0) is 24.2. The number of nitrogens with one attached hydrogen (secondary N) is 1. The molecule has 0 bridgehead atoms. The Morgan fingerprint density at radius 1 is 1.03 bits per heavy atom. The van der Waals surface area contributed by atoms with Crippen LogP contribution in [0.4, 0.5) is 4.79 Å². The van der Waals surface area contributed by atoms with E-state index in [0.29, 0.717) is 6.54 Å². The Morgan fingerprint density at radius 3 is 2.51 bits per heavy atom. The van der Waals surface area contributed by atoms with Gasteiger partial charge in [0.05, 0.1) is 11.7 Å². The number of hydrogen-bond acceptors (Lipinski definition) is 3. The summed E-state index contributed by atoms with van der Waals surface area (Å²) in [6, 6.07) is 19.4. The zero-order valence-electron chi connectivity index (χ0n) is 21.0. The van der Waals surface area contributed by atoms with Crippen molar-refractivity contribution in [2.75, 3.05) is 19.6 Å². The molecule has 2 aliphatic heterocycles. The van der Waals surface area contributed by atoms with Crippen molar-refractivity contribution < 1.29 is 4.79 Å². The molecule has 3 heterocycles. The molecule has 2 amide bonds. The summed E-state index contributed by atoms with van der Waals surface area (Å²) in [5, 5.41) is 7.85. The van der Waals surface area contributed by atoms with Crippen molar-refractivity contribution in [2.24, 2.45) is 0 Å². The Balaban J connectivity index is 1.41. The van der Waals surface area contributed by atoms with Gasteiger partial charge in [-0.05, 0) is 56.2 Å². The summed E-state index contributed by atoms with van der Waals surface area (Å²) >= 11 is 0. The van der Waals surface area contributed by atoms with E-state index < -0.39 is 0 Å². The molecule has 1 atom stereocenters. The Morgan fingerprint density at radius 2 is 1.77 bits per heavy atom. The molecular weight excluding hydrogens is 434 g/mol. The molecule has 1 aromatic heterocycles. The second-order valence-electron chi connectivity index (χ2n) is 9.86. The molecule has 184 valence electrons. The minimum absolute atomic E-state index is 0.0640. The maximum atomic E-state index is 13.7.